The lowest BCUT2D eigenvalue weighted by molar-refractivity contribution is 0.103. The molecule has 2 nitrogen and oxygen atoms in total. The predicted octanol–water partition coefficient (Wildman–Crippen LogP) is 4.86. The molecule has 5 heteroatoms. The summed E-state index contributed by atoms with van der Waals surface area (Å²) in [5.41, 5.74) is 1.20. The molecule has 0 amide bonds. The topological polar surface area (TPSA) is 22.0 Å². The van der Waals surface area contributed by atoms with Crippen LogP contribution in [0, 0.1) is 5.82 Å². The molecule has 0 saturated carbocycles. The van der Waals surface area contributed by atoms with E-state index in [1.165, 1.54) is 18.2 Å². The molecule has 3 aromatic rings. The van der Waals surface area contributed by atoms with Crippen LogP contribution >= 0.6 is 23.2 Å². The number of halogens is 3. The molecule has 1 heterocycles. The third-order valence-electron chi connectivity index (χ3n) is 3.37. The number of rotatable bonds is 2. The van der Waals surface area contributed by atoms with Crippen molar-refractivity contribution >= 4 is 39.9 Å². The van der Waals surface area contributed by atoms with Gasteiger partial charge in [0.1, 0.15) is 5.82 Å². The van der Waals surface area contributed by atoms with Gasteiger partial charge < -0.3 is 4.57 Å². The first-order chi connectivity index (χ1) is 9.97. The van der Waals surface area contributed by atoms with Crippen LogP contribution in [-0.2, 0) is 7.05 Å². The number of hydrogen-bond donors (Lipinski definition) is 0. The molecule has 0 aliphatic rings. The molecule has 3 rings (SSSR count). The Morgan fingerprint density at radius 1 is 1.05 bits per heavy atom. The van der Waals surface area contributed by atoms with Crippen LogP contribution in [0.25, 0.3) is 10.9 Å². The van der Waals surface area contributed by atoms with Gasteiger partial charge in [-0.25, -0.2) is 4.39 Å². The molecule has 1 aromatic heterocycles. The molecular weight excluding hydrogens is 312 g/mol. The van der Waals surface area contributed by atoms with E-state index in [1.54, 1.807) is 29.0 Å². The molecule has 21 heavy (non-hydrogen) atoms. The number of carbonyl (C=O) groups is 1. The number of carbonyl (C=O) groups excluding carboxylic acids is 1. The second kappa shape index (κ2) is 5.17. The molecular formula is C16H10Cl2FNO. The molecule has 0 atom stereocenters. The standard InChI is InChI=1S/C16H10Cl2FNO/c1-20-8-13(11-4-2-10(18)7-15(11)20)16(21)12-6-9(17)3-5-14(12)19/h2-8H,1H3. The number of hydrogen-bond acceptors (Lipinski definition) is 1. The minimum Gasteiger partial charge on any atom is -0.350 e. The van der Waals surface area contributed by atoms with Gasteiger partial charge in [-0.05, 0) is 30.3 Å². The number of fused-ring (bicyclic) bond motifs is 1. The van der Waals surface area contributed by atoms with Crippen molar-refractivity contribution in [2.75, 3.05) is 0 Å². The average Bonchev–Trinajstić information content (AvgIpc) is 2.78. The summed E-state index contributed by atoms with van der Waals surface area (Å²) in [5, 5.41) is 1.63. The first kappa shape index (κ1) is 14.1. The fourth-order valence-corrected chi connectivity index (χ4v) is 2.69. The van der Waals surface area contributed by atoms with Crippen molar-refractivity contribution in [1.82, 2.24) is 4.57 Å². The molecule has 106 valence electrons. The Hall–Kier alpha value is -1.84. The first-order valence-corrected chi connectivity index (χ1v) is 6.97. The summed E-state index contributed by atoms with van der Waals surface area (Å²) in [5.74, 6) is -0.988. The highest BCUT2D eigenvalue weighted by molar-refractivity contribution is 6.32. The molecule has 0 aliphatic carbocycles. The van der Waals surface area contributed by atoms with Crippen LogP contribution in [0.1, 0.15) is 15.9 Å². The second-order valence-electron chi connectivity index (χ2n) is 4.77. The molecule has 0 aliphatic heterocycles. The molecule has 0 N–H and O–H groups in total. The predicted molar refractivity (Wildman–Crippen MR) is 82.8 cm³/mol. The van der Waals surface area contributed by atoms with Gasteiger partial charge in [-0.2, -0.15) is 0 Å². The summed E-state index contributed by atoms with van der Waals surface area (Å²) >= 11 is 11.8. The molecule has 2 aromatic carbocycles. The van der Waals surface area contributed by atoms with E-state index >= 15 is 0 Å². The minimum absolute atomic E-state index is 0.0371. The van der Waals surface area contributed by atoms with E-state index < -0.39 is 11.6 Å². The molecule has 0 unspecified atom stereocenters. The van der Waals surface area contributed by atoms with Crippen LogP contribution in [0.3, 0.4) is 0 Å². The summed E-state index contributed by atoms with van der Waals surface area (Å²) < 4.78 is 15.7. The van der Waals surface area contributed by atoms with Crippen molar-refractivity contribution in [1.29, 1.82) is 0 Å². The Morgan fingerprint density at radius 3 is 2.48 bits per heavy atom. The Balaban J connectivity index is 2.21. The van der Waals surface area contributed by atoms with E-state index in [0.717, 1.165) is 10.9 Å². The zero-order chi connectivity index (χ0) is 15.1. The van der Waals surface area contributed by atoms with Crippen LogP contribution in [0.4, 0.5) is 4.39 Å². The Bertz CT molecular complexity index is 870. The maximum atomic E-state index is 13.9. The van der Waals surface area contributed by atoms with E-state index in [1.807, 2.05) is 7.05 Å². The Labute approximate surface area is 130 Å². The van der Waals surface area contributed by atoms with E-state index in [4.69, 9.17) is 23.2 Å². The van der Waals surface area contributed by atoms with Crippen molar-refractivity contribution in [2.45, 2.75) is 0 Å². The molecule has 0 fully saturated rings. The van der Waals surface area contributed by atoms with Crippen molar-refractivity contribution in [3.05, 3.63) is 69.6 Å². The van der Waals surface area contributed by atoms with Gasteiger partial charge in [0, 0.05) is 39.8 Å². The smallest absolute Gasteiger partial charge is 0.198 e. The zero-order valence-electron chi connectivity index (χ0n) is 11.0. The summed E-state index contributed by atoms with van der Waals surface area (Å²) in [7, 11) is 1.81. The number of aryl methyl sites for hydroxylation is 1. The van der Waals surface area contributed by atoms with Gasteiger partial charge in [0.25, 0.3) is 0 Å². The maximum Gasteiger partial charge on any atom is 0.198 e. The van der Waals surface area contributed by atoms with Crippen molar-refractivity contribution < 1.29 is 9.18 Å². The van der Waals surface area contributed by atoms with E-state index in [9.17, 15) is 9.18 Å². The highest BCUT2D eigenvalue weighted by Crippen LogP contribution is 2.27. The summed E-state index contributed by atoms with van der Waals surface area (Å²) in [6.45, 7) is 0. The van der Waals surface area contributed by atoms with Gasteiger partial charge >= 0.3 is 0 Å². The van der Waals surface area contributed by atoms with E-state index in [-0.39, 0.29) is 5.56 Å². The lowest BCUT2D eigenvalue weighted by atomic mass is 10.0. The van der Waals surface area contributed by atoms with Crippen LogP contribution in [-0.4, -0.2) is 10.4 Å². The fourth-order valence-electron chi connectivity index (χ4n) is 2.35. The van der Waals surface area contributed by atoms with E-state index in [2.05, 4.69) is 0 Å². The summed E-state index contributed by atoms with van der Waals surface area (Å²) in [4.78, 5) is 12.6. The van der Waals surface area contributed by atoms with Gasteiger partial charge in [-0.1, -0.05) is 29.3 Å². The van der Waals surface area contributed by atoms with Crippen LogP contribution in [0.5, 0.6) is 0 Å². The van der Waals surface area contributed by atoms with E-state index in [0.29, 0.717) is 15.6 Å². The highest BCUT2D eigenvalue weighted by Gasteiger charge is 2.19. The maximum absolute atomic E-state index is 13.9. The second-order valence-corrected chi connectivity index (χ2v) is 5.64. The van der Waals surface area contributed by atoms with Crippen molar-refractivity contribution in [3.63, 3.8) is 0 Å². The lowest BCUT2D eigenvalue weighted by Crippen LogP contribution is -2.03. The lowest BCUT2D eigenvalue weighted by Gasteiger charge is -2.02. The third kappa shape index (κ3) is 2.43. The molecule has 0 saturated heterocycles. The number of ketones is 1. The fraction of sp³-hybridized carbons (Fsp3) is 0.0625. The Morgan fingerprint density at radius 2 is 1.71 bits per heavy atom. The average molecular weight is 322 g/mol. The number of nitrogens with zero attached hydrogens (tertiary/aromatic N) is 1. The number of benzene rings is 2. The zero-order valence-corrected chi connectivity index (χ0v) is 12.5. The highest BCUT2D eigenvalue weighted by atomic mass is 35.5. The largest absolute Gasteiger partial charge is 0.350 e. The molecule has 0 bridgehead atoms. The van der Waals surface area contributed by atoms with Crippen LogP contribution in [0.15, 0.2) is 42.6 Å². The molecule has 0 spiro atoms. The quantitative estimate of drug-likeness (QED) is 0.618. The third-order valence-corrected chi connectivity index (χ3v) is 3.84. The van der Waals surface area contributed by atoms with Gasteiger partial charge in [-0.15, -0.1) is 0 Å². The number of aromatic nitrogens is 1. The van der Waals surface area contributed by atoms with Gasteiger partial charge in [0.05, 0.1) is 5.56 Å². The van der Waals surface area contributed by atoms with Crippen molar-refractivity contribution in [2.24, 2.45) is 7.05 Å². The SMILES string of the molecule is Cn1cc(C(=O)c2cc(Cl)ccc2F)c2ccc(Cl)cc21. The van der Waals surface area contributed by atoms with Crippen LogP contribution < -0.4 is 0 Å². The van der Waals surface area contributed by atoms with Gasteiger partial charge in [0.15, 0.2) is 5.78 Å². The van der Waals surface area contributed by atoms with Gasteiger partial charge in [0.2, 0.25) is 0 Å². The normalized spacial score (nSPS) is 11.0. The van der Waals surface area contributed by atoms with Gasteiger partial charge in [-0.3, -0.25) is 4.79 Å². The minimum atomic E-state index is -0.588. The summed E-state index contributed by atoms with van der Waals surface area (Å²) in [6, 6.07) is 9.17. The first-order valence-electron chi connectivity index (χ1n) is 6.21. The Kier molecular flexibility index (Phi) is 3.47. The van der Waals surface area contributed by atoms with Crippen molar-refractivity contribution in [3.8, 4) is 0 Å². The van der Waals surface area contributed by atoms with Crippen LogP contribution in [0.2, 0.25) is 10.0 Å². The molecule has 0 radical (unpaired) electrons. The summed E-state index contributed by atoms with van der Waals surface area (Å²) in [6.07, 6.45) is 1.67. The monoisotopic (exact) mass is 321 g/mol.